The largest absolute Gasteiger partial charge is 0.477 e. The molecular weight excluding hydrogens is 422 g/mol. The number of hydrogen-bond acceptors (Lipinski definition) is 7. The Morgan fingerprint density at radius 2 is 2.23 bits per heavy atom. The number of halogens is 1. The Kier molecular flexibility index (Phi) is 4.25. The maximum absolute atomic E-state index is 12.5. The van der Waals surface area contributed by atoms with Crippen LogP contribution in [0.3, 0.4) is 0 Å². The molecule has 1 aliphatic heterocycles. The maximum Gasteiger partial charge on any atom is 0.341 e. The van der Waals surface area contributed by atoms with Gasteiger partial charge in [-0.25, -0.2) is 14.8 Å². The zero-order valence-electron chi connectivity index (χ0n) is 13.4. The van der Waals surface area contributed by atoms with Crippen molar-refractivity contribution in [2.45, 2.75) is 12.5 Å². The van der Waals surface area contributed by atoms with Crippen LogP contribution in [0.5, 0.6) is 0 Å². The molecule has 4 rings (SSSR count). The average molecular weight is 436 g/mol. The lowest BCUT2D eigenvalue weighted by molar-refractivity contribution is 0.0695. The molecule has 10 heteroatoms. The van der Waals surface area contributed by atoms with E-state index in [1.807, 2.05) is 0 Å². The Morgan fingerprint density at radius 1 is 1.42 bits per heavy atom. The van der Waals surface area contributed by atoms with Crippen LogP contribution in [0.15, 0.2) is 33.1 Å². The molecule has 8 nitrogen and oxygen atoms in total. The number of rotatable bonds is 3. The van der Waals surface area contributed by atoms with Gasteiger partial charge >= 0.3 is 5.97 Å². The zero-order valence-corrected chi connectivity index (χ0v) is 15.8. The van der Waals surface area contributed by atoms with Gasteiger partial charge < -0.3 is 15.7 Å². The second-order valence-electron chi connectivity index (χ2n) is 6.03. The first kappa shape index (κ1) is 17.1. The van der Waals surface area contributed by atoms with Crippen LogP contribution in [0, 0.1) is 0 Å². The van der Waals surface area contributed by atoms with E-state index in [9.17, 15) is 14.7 Å². The molecule has 0 spiro atoms. The minimum Gasteiger partial charge on any atom is -0.477 e. The van der Waals surface area contributed by atoms with Gasteiger partial charge in [-0.1, -0.05) is 11.3 Å². The number of aromatic nitrogens is 3. The lowest BCUT2D eigenvalue weighted by Crippen LogP contribution is -2.27. The van der Waals surface area contributed by atoms with Crippen molar-refractivity contribution in [3.63, 3.8) is 0 Å². The first-order chi connectivity index (χ1) is 12.4. The van der Waals surface area contributed by atoms with E-state index in [0.29, 0.717) is 23.1 Å². The second-order valence-corrected chi connectivity index (χ2v) is 8.42. The summed E-state index contributed by atoms with van der Waals surface area (Å²) < 4.78 is 2.34. The number of carboxylic acid groups (broad SMARTS) is 1. The maximum atomic E-state index is 12.5. The quantitative estimate of drug-likeness (QED) is 0.644. The van der Waals surface area contributed by atoms with Crippen molar-refractivity contribution < 1.29 is 9.90 Å². The number of anilines is 1. The summed E-state index contributed by atoms with van der Waals surface area (Å²) in [5, 5.41) is 10.1. The minimum atomic E-state index is -1.28. The highest BCUT2D eigenvalue weighted by Gasteiger charge is 2.23. The molecule has 0 aliphatic carbocycles. The van der Waals surface area contributed by atoms with E-state index in [0.717, 1.165) is 16.8 Å². The molecule has 1 atom stereocenters. The summed E-state index contributed by atoms with van der Waals surface area (Å²) in [4.78, 5) is 35.0. The number of carboxylic acids is 1. The number of hydrogen-bond donors (Lipinski definition) is 2. The fourth-order valence-corrected chi connectivity index (χ4v) is 4.18. The van der Waals surface area contributed by atoms with Crippen molar-refractivity contribution in [3.8, 4) is 5.13 Å². The smallest absolute Gasteiger partial charge is 0.341 e. The van der Waals surface area contributed by atoms with E-state index < -0.39 is 11.4 Å². The SMILES string of the molecule is NC1CCN(c2ccc3c(=O)c(C(=O)O)cn(-c4ncc(Br)s4)c3n2)C1. The Morgan fingerprint density at radius 3 is 2.85 bits per heavy atom. The van der Waals surface area contributed by atoms with Crippen molar-refractivity contribution in [1.82, 2.24) is 14.5 Å². The van der Waals surface area contributed by atoms with E-state index in [2.05, 4.69) is 30.8 Å². The third kappa shape index (κ3) is 2.89. The normalized spacial score (nSPS) is 17.2. The van der Waals surface area contributed by atoms with Gasteiger partial charge in [0.15, 0.2) is 10.8 Å². The van der Waals surface area contributed by atoms with E-state index >= 15 is 0 Å². The van der Waals surface area contributed by atoms with Gasteiger partial charge in [-0.2, -0.15) is 0 Å². The molecule has 26 heavy (non-hydrogen) atoms. The first-order valence-electron chi connectivity index (χ1n) is 7.86. The Balaban J connectivity index is 1.97. The highest BCUT2D eigenvalue weighted by molar-refractivity contribution is 9.11. The summed E-state index contributed by atoms with van der Waals surface area (Å²) in [6.07, 6.45) is 3.78. The lowest BCUT2D eigenvalue weighted by atomic mass is 10.2. The number of pyridine rings is 2. The van der Waals surface area contributed by atoms with E-state index in [1.165, 1.54) is 17.5 Å². The van der Waals surface area contributed by atoms with Crippen LogP contribution in [0.2, 0.25) is 0 Å². The number of fused-ring (bicyclic) bond motifs is 1. The molecule has 134 valence electrons. The van der Waals surface area contributed by atoms with Gasteiger partial charge in [0.2, 0.25) is 5.43 Å². The fraction of sp³-hybridized carbons (Fsp3) is 0.250. The molecule has 3 aromatic heterocycles. The molecule has 3 aromatic rings. The van der Waals surface area contributed by atoms with Crippen LogP contribution in [-0.2, 0) is 0 Å². The first-order valence-corrected chi connectivity index (χ1v) is 9.47. The monoisotopic (exact) mass is 435 g/mol. The highest BCUT2D eigenvalue weighted by atomic mass is 79.9. The fourth-order valence-electron chi connectivity index (χ4n) is 3.02. The number of carbonyl (C=O) groups is 1. The molecule has 0 bridgehead atoms. The molecule has 0 radical (unpaired) electrons. The molecule has 1 fully saturated rings. The third-order valence-corrected chi connectivity index (χ3v) is 5.76. The van der Waals surface area contributed by atoms with E-state index in [-0.39, 0.29) is 17.0 Å². The van der Waals surface area contributed by atoms with Crippen LogP contribution in [-0.4, -0.2) is 44.7 Å². The number of nitrogens with zero attached hydrogens (tertiary/aromatic N) is 4. The Hall–Kier alpha value is -2.30. The van der Waals surface area contributed by atoms with Gasteiger partial charge in [-0.15, -0.1) is 0 Å². The summed E-state index contributed by atoms with van der Waals surface area (Å²) in [5.74, 6) is -0.576. The predicted octanol–water partition coefficient (Wildman–Crippen LogP) is 1.84. The lowest BCUT2D eigenvalue weighted by Gasteiger charge is -2.18. The van der Waals surface area contributed by atoms with Crippen LogP contribution >= 0.6 is 27.3 Å². The van der Waals surface area contributed by atoms with Crippen molar-refractivity contribution in [2.75, 3.05) is 18.0 Å². The molecule has 0 aromatic carbocycles. The molecule has 3 N–H and O–H groups in total. The van der Waals surface area contributed by atoms with Crippen molar-refractivity contribution in [1.29, 1.82) is 0 Å². The van der Waals surface area contributed by atoms with Gasteiger partial charge in [0.25, 0.3) is 0 Å². The number of aromatic carboxylic acids is 1. The zero-order chi connectivity index (χ0) is 18.4. The van der Waals surface area contributed by atoms with Gasteiger partial charge in [0.1, 0.15) is 11.4 Å². The van der Waals surface area contributed by atoms with Gasteiger partial charge in [-0.05, 0) is 34.5 Å². The third-order valence-electron chi connectivity index (χ3n) is 4.29. The predicted molar refractivity (Wildman–Crippen MR) is 102 cm³/mol. The summed E-state index contributed by atoms with van der Waals surface area (Å²) in [7, 11) is 0. The van der Waals surface area contributed by atoms with E-state index in [1.54, 1.807) is 22.9 Å². The number of nitrogens with two attached hydrogens (primary N) is 1. The summed E-state index contributed by atoms with van der Waals surface area (Å²) in [5.41, 5.74) is 5.47. The minimum absolute atomic E-state index is 0.0963. The van der Waals surface area contributed by atoms with Crippen LogP contribution in [0.4, 0.5) is 5.82 Å². The van der Waals surface area contributed by atoms with Crippen molar-refractivity contribution in [3.05, 3.63) is 44.1 Å². The van der Waals surface area contributed by atoms with Gasteiger partial charge in [0.05, 0.1) is 15.4 Å². The van der Waals surface area contributed by atoms with Crippen LogP contribution in [0.1, 0.15) is 16.8 Å². The molecule has 0 saturated carbocycles. The topological polar surface area (TPSA) is 114 Å². The Labute approximate surface area is 160 Å². The van der Waals surface area contributed by atoms with Crippen LogP contribution in [0.25, 0.3) is 16.2 Å². The molecule has 1 saturated heterocycles. The summed E-state index contributed by atoms with van der Waals surface area (Å²) in [6.45, 7) is 1.48. The standard InChI is InChI=1S/C16H14BrN5O3S/c17-11-5-19-16(26-11)22-7-10(15(24)25)13(23)9-1-2-12(20-14(9)22)21-4-3-8(18)6-21/h1-2,5,7-8H,3-4,6,18H2,(H,24,25). The molecule has 1 unspecified atom stereocenters. The summed E-state index contributed by atoms with van der Waals surface area (Å²) >= 11 is 4.67. The molecular formula is C16H14BrN5O3S. The van der Waals surface area contributed by atoms with E-state index in [4.69, 9.17) is 5.73 Å². The van der Waals surface area contributed by atoms with Gasteiger partial charge in [0, 0.05) is 25.3 Å². The summed E-state index contributed by atoms with van der Waals surface area (Å²) in [6, 6.07) is 3.45. The molecule has 0 amide bonds. The second kappa shape index (κ2) is 6.45. The average Bonchev–Trinajstić information content (AvgIpc) is 3.23. The Bertz CT molecular complexity index is 1080. The van der Waals surface area contributed by atoms with Crippen LogP contribution < -0.4 is 16.1 Å². The molecule has 4 heterocycles. The highest BCUT2D eigenvalue weighted by Crippen LogP contribution is 2.26. The van der Waals surface area contributed by atoms with Crippen molar-refractivity contribution in [2.24, 2.45) is 5.73 Å². The molecule has 1 aliphatic rings. The van der Waals surface area contributed by atoms with Crippen molar-refractivity contribution >= 4 is 50.1 Å². The van der Waals surface area contributed by atoms with Gasteiger partial charge in [-0.3, -0.25) is 9.36 Å². The number of thiazole rings is 1.